The fourth-order valence-corrected chi connectivity index (χ4v) is 0.776. The first-order chi connectivity index (χ1) is 5.81. The van der Waals surface area contributed by atoms with Gasteiger partial charge in [0.2, 0.25) is 0 Å². The highest BCUT2D eigenvalue weighted by Crippen LogP contribution is 1.94. The summed E-state index contributed by atoms with van der Waals surface area (Å²) in [5.41, 5.74) is 0. The predicted molar refractivity (Wildman–Crippen MR) is 47.4 cm³/mol. The Morgan fingerprint density at radius 2 is 2.17 bits per heavy atom. The van der Waals surface area contributed by atoms with Crippen LogP contribution in [0.4, 0.5) is 0 Å². The fraction of sp³-hybridized carbons (Fsp3) is 0.875. The number of ether oxygens (including phenoxy) is 2. The minimum Gasteiger partial charge on any atom is -0.463 e. The van der Waals surface area contributed by atoms with Crippen LogP contribution in [0.5, 0.6) is 0 Å². The molecule has 0 heterocycles. The van der Waals surface area contributed by atoms with Crippen LogP contribution in [0.25, 0.3) is 0 Å². The molecule has 0 aliphatic rings. The summed E-state index contributed by atoms with van der Waals surface area (Å²) in [6.07, 6.45) is 1.07. The van der Waals surface area contributed by atoms with Crippen LogP contribution in [0, 0.1) is 0 Å². The van der Waals surface area contributed by atoms with Gasteiger partial charge in [-0.15, -0.1) is 11.6 Å². The molecular formula is C8H15ClO3. The number of hydrogen-bond acceptors (Lipinski definition) is 3. The van der Waals surface area contributed by atoms with E-state index in [4.69, 9.17) is 21.1 Å². The molecule has 0 saturated carbocycles. The molecule has 0 rings (SSSR count). The molecule has 12 heavy (non-hydrogen) atoms. The fourth-order valence-electron chi connectivity index (χ4n) is 0.642. The Kier molecular flexibility index (Phi) is 8.61. The van der Waals surface area contributed by atoms with E-state index in [1.165, 1.54) is 0 Å². The number of carbonyl (C=O) groups is 1. The zero-order valence-electron chi connectivity index (χ0n) is 7.35. The molecule has 0 amide bonds. The molecule has 4 heteroatoms. The van der Waals surface area contributed by atoms with Crippen molar-refractivity contribution in [3.05, 3.63) is 0 Å². The quantitative estimate of drug-likeness (QED) is 0.351. The first kappa shape index (κ1) is 11.7. The molecule has 72 valence electrons. The third-order valence-electron chi connectivity index (χ3n) is 1.21. The summed E-state index contributed by atoms with van der Waals surface area (Å²) >= 11 is 5.40. The summed E-state index contributed by atoms with van der Waals surface area (Å²) in [5, 5.41) is 0. The lowest BCUT2D eigenvalue weighted by atomic mass is 10.3. The standard InChI is InChI=1S/C8H15ClO3/c1-2-11-6-7-12-8(10)4-3-5-9/h2-7H2,1H3. The molecule has 0 unspecified atom stereocenters. The number of rotatable bonds is 7. The molecule has 0 N–H and O–H groups in total. The van der Waals surface area contributed by atoms with Gasteiger partial charge in [0.05, 0.1) is 6.61 Å². The molecule has 0 atom stereocenters. The van der Waals surface area contributed by atoms with Gasteiger partial charge >= 0.3 is 5.97 Å². The normalized spacial score (nSPS) is 9.83. The molecule has 0 aromatic heterocycles. The highest BCUT2D eigenvalue weighted by Gasteiger charge is 2.00. The van der Waals surface area contributed by atoms with Crippen LogP contribution in [-0.2, 0) is 14.3 Å². The van der Waals surface area contributed by atoms with Crippen molar-refractivity contribution in [3.63, 3.8) is 0 Å². The van der Waals surface area contributed by atoms with Crippen molar-refractivity contribution in [2.24, 2.45) is 0 Å². The van der Waals surface area contributed by atoms with E-state index in [-0.39, 0.29) is 5.97 Å². The molecule has 0 spiro atoms. The van der Waals surface area contributed by atoms with E-state index in [2.05, 4.69) is 0 Å². The predicted octanol–water partition coefficient (Wildman–Crippen LogP) is 1.59. The molecule has 0 bridgehead atoms. The number of hydrogen-bond donors (Lipinski definition) is 0. The molecule has 0 aromatic rings. The molecule has 3 nitrogen and oxygen atoms in total. The minimum atomic E-state index is -0.199. The summed E-state index contributed by atoms with van der Waals surface area (Å²) in [7, 11) is 0. The van der Waals surface area contributed by atoms with Gasteiger partial charge in [0, 0.05) is 18.9 Å². The zero-order valence-corrected chi connectivity index (χ0v) is 8.10. The molecule has 0 fully saturated rings. The van der Waals surface area contributed by atoms with Crippen LogP contribution in [0.1, 0.15) is 19.8 Å². The van der Waals surface area contributed by atoms with E-state index < -0.39 is 0 Å². The van der Waals surface area contributed by atoms with E-state index in [9.17, 15) is 4.79 Å². The summed E-state index contributed by atoms with van der Waals surface area (Å²) < 4.78 is 9.81. The smallest absolute Gasteiger partial charge is 0.305 e. The summed E-state index contributed by atoms with van der Waals surface area (Å²) in [6, 6.07) is 0. The molecule has 0 aliphatic carbocycles. The van der Waals surface area contributed by atoms with E-state index >= 15 is 0 Å². The molecule has 0 aliphatic heterocycles. The van der Waals surface area contributed by atoms with Crippen LogP contribution in [-0.4, -0.2) is 31.7 Å². The maximum Gasteiger partial charge on any atom is 0.305 e. The van der Waals surface area contributed by atoms with Crippen molar-refractivity contribution in [2.75, 3.05) is 25.7 Å². The van der Waals surface area contributed by atoms with Crippen molar-refractivity contribution >= 4 is 17.6 Å². The largest absolute Gasteiger partial charge is 0.463 e. The van der Waals surface area contributed by atoms with Gasteiger partial charge in [-0.1, -0.05) is 0 Å². The number of carbonyl (C=O) groups excluding carboxylic acids is 1. The van der Waals surface area contributed by atoms with E-state index in [0.29, 0.717) is 38.5 Å². The van der Waals surface area contributed by atoms with Crippen molar-refractivity contribution in [3.8, 4) is 0 Å². The number of alkyl halides is 1. The van der Waals surface area contributed by atoms with Gasteiger partial charge < -0.3 is 9.47 Å². The average molecular weight is 195 g/mol. The van der Waals surface area contributed by atoms with Crippen molar-refractivity contribution in [2.45, 2.75) is 19.8 Å². The highest BCUT2D eigenvalue weighted by molar-refractivity contribution is 6.17. The topological polar surface area (TPSA) is 35.5 Å². The van der Waals surface area contributed by atoms with Crippen LogP contribution in [0.2, 0.25) is 0 Å². The van der Waals surface area contributed by atoms with Gasteiger partial charge in [-0.05, 0) is 13.3 Å². The zero-order chi connectivity index (χ0) is 9.23. The lowest BCUT2D eigenvalue weighted by Crippen LogP contribution is -2.10. The first-order valence-corrected chi connectivity index (χ1v) is 4.64. The summed E-state index contributed by atoms with van der Waals surface area (Å²) in [4.78, 5) is 10.8. The number of halogens is 1. The molecular weight excluding hydrogens is 180 g/mol. The van der Waals surface area contributed by atoms with Crippen LogP contribution in [0.15, 0.2) is 0 Å². The van der Waals surface area contributed by atoms with E-state index in [0.717, 1.165) is 0 Å². The molecule has 0 radical (unpaired) electrons. The van der Waals surface area contributed by atoms with Gasteiger partial charge in [0.1, 0.15) is 6.61 Å². The monoisotopic (exact) mass is 194 g/mol. The van der Waals surface area contributed by atoms with Gasteiger partial charge in [-0.2, -0.15) is 0 Å². The van der Waals surface area contributed by atoms with Gasteiger partial charge in [0.25, 0.3) is 0 Å². The second-order valence-corrected chi connectivity index (χ2v) is 2.59. The second-order valence-electron chi connectivity index (χ2n) is 2.21. The Morgan fingerprint density at radius 1 is 1.42 bits per heavy atom. The maximum absolute atomic E-state index is 10.8. The average Bonchev–Trinajstić information content (AvgIpc) is 2.09. The van der Waals surface area contributed by atoms with Crippen LogP contribution < -0.4 is 0 Å². The van der Waals surface area contributed by atoms with Crippen LogP contribution in [0.3, 0.4) is 0 Å². The third-order valence-corrected chi connectivity index (χ3v) is 1.48. The Labute approximate surface area is 78.0 Å². The lowest BCUT2D eigenvalue weighted by Gasteiger charge is -2.03. The number of esters is 1. The van der Waals surface area contributed by atoms with Gasteiger partial charge in [-0.25, -0.2) is 0 Å². The Bertz CT molecular complexity index is 117. The molecule has 0 saturated heterocycles. The van der Waals surface area contributed by atoms with Gasteiger partial charge in [0.15, 0.2) is 0 Å². The summed E-state index contributed by atoms with van der Waals surface area (Å²) in [6.45, 7) is 3.37. The van der Waals surface area contributed by atoms with Crippen molar-refractivity contribution < 1.29 is 14.3 Å². The first-order valence-electron chi connectivity index (χ1n) is 4.10. The molecule has 0 aromatic carbocycles. The van der Waals surface area contributed by atoms with Gasteiger partial charge in [-0.3, -0.25) is 4.79 Å². The summed E-state index contributed by atoms with van der Waals surface area (Å²) in [5.74, 6) is 0.302. The maximum atomic E-state index is 10.8. The van der Waals surface area contributed by atoms with Crippen molar-refractivity contribution in [1.29, 1.82) is 0 Å². The SMILES string of the molecule is CCOCCOC(=O)CCCCl. The van der Waals surface area contributed by atoms with E-state index in [1.807, 2.05) is 6.92 Å². The highest BCUT2D eigenvalue weighted by atomic mass is 35.5. The second kappa shape index (κ2) is 8.81. The third kappa shape index (κ3) is 7.82. The minimum absolute atomic E-state index is 0.199. The van der Waals surface area contributed by atoms with E-state index in [1.54, 1.807) is 0 Å². The van der Waals surface area contributed by atoms with Crippen molar-refractivity contribution in [1.82, 2.24) is 0 Å². The Balaban J connectivity index is 3.08. The lowest BCUT2D eigenvalue weighted by molar-refractivity contribution is -0.145. The Hall–Kier alpha value is -0.280. The Morgan fingerprint density at radius 3 is 2.75 bits per heavy atom. The van der Waals surface area contributed by atoms with Crippen LogP contribution >= 0.6 is 11.6 Å².